The molecule has 0 aliphatic carbocycles. The molecule has 0 amide bonds. The van der Waals surface area contributed by atoms with E-state index in [1.807, 2.05) is 38.2 Å². The first-order chi connectivity index (χ1) is 11.6. The lowest BCUT2D eigenvalue weighted by Gasteiger charge is -2.24. The summed E-state index contributed by atoms with van der Waals surface area (Å²) in [4.78, 5) is 16.7. The third-order valence-electron chi connectivity index (χ3n) is 4.17. The predicted molar refractivity (Wildman–Crippen MR) is 102 cm³/mol. The monoisotopic (exact) mass is 340 g/mol. The Morgan fingerprint density at radius 2 is 1.76 bits per heavy atom. The van der Waals surface area contributed by atoms with Gasteiger partial charge in [0, 0.05) is 17.8 Å². The molecule has 0 unspecified atom stereocenters. The lowest BCUT2D eigenvalue weighted by atomic mass is 9.85. The molecule has 0 saturated heterocycles. The SMILES string of the molecule is CNCc1c(CC(C)(C)C)nc(C)c(C(=O)O)c1-c1ccc(C)cc1. The van der Waals surface area contributed by atoms with Crippen molar-refractivity contribution in [2.45, 2.75) is 47.6 Å². The van der Waals surface area contributed by atoms with Gasteiger partial charge in [-0.25, -0.2) is 4.79 Å². The molecule has 0 aliphatic heterocycles. The van der Waals surface area contributed by atoms with Crippen molar-refractivity contribution in [1.82, 2.24) is 10.3 Å². The highest BCUT2D eigenvalue weighted by molar-refractivity contribution is 5.98. The Hall–Kier alpha value is -2.20. The maximum absolute atomic E-state index is 12.0. The average Bonchev–Trinajstić information content (AvgIpc) is 2.48. The number of nitrogens with one attached hydrogen (secondary N) is 1. The van der Waals surface area contributed by atoms with Gasteiger partial charge in [0.15, 0.2) is 0 Å². The van der Waals surface area contributed by atoms with E-state index in [1.54, 1.807) is 6.92 Å². The topological polar surface area (TPSA) is 62.2 Å². The van der Waals surface area contributed by atoms with E-state index in [0.29, 0.717) is 17.8 Å². The maximum atomic E-state index is 12.0. The number of hydrogen-bond acceptors (Lipinski definition) is 3. The molecule has 0 atom stereocenters. The highest BCUT2D eigenvalue weighted by Gasteiger charge is 2.25. The van der Waals surface area contributed by atoms with E-state index in [-0.39, 0.29) is 5.41 Å². The Kier molecular flexibility index (Phi) is 5.63. The average molecular weight is 340 g/mol. The number of nitrogens with zero attached hydrogens (tertiary/aromatic N) is 1. The molecular formula is C21H28N2O2. The van der Waals surface area contributed by atoms with Gasteiger partial charge in [-0.3, -0.25) is 4.98 Å². The van der Waals surface area contributed by atoms with Crippen LogP contribution >= 0.6 is 0 Å². The van der Waals surface area contributed by atoms with Crippen LogP contribution in [0.2, 0.25) is 0 Å². The molecule has 134 valence electrons. The third kappa shape index (κ3) is 4.45. The summed E-state index contributed by atoms with van der Waals surface area (Å²) in [6, 6.07) is 8.03. The Balaban J connectivity index is 2.82. The molecule has 0 saturated carbocycles. The van der Waals surface area contributed by atoms with E-state index in [1.165, 1.54) is 0 Å². The quantitative estimate of drug-likeness (QED) is 0.848. The summed E-state index contributed by atoms with van der Waals surface area (Å²) in [5.74, 6) is -0.930. The number of rotatable bonds is 5. The highest BCUT2D eigenvalue weighted by Crippen LogP contribution is 2.34. The van der Waals surface area contributed by atoms with Gasteiger partial charge in [0.05, 0.1) is 11.3 Å². The summed E-state index contributed by atoms with van der Waals surface area (Å²) in [5, 5.41) is 13.0. The minimum absolute atomic E-state index is 0.0667. The zero-order chi connectivity index (χ0) is 18.8. The second-order valence-electron chi connectivity index (χ2n) is 7.81. The van der Waals surface area contributed by atoms with Crippen LogP contribution in [-0.4, -0.2) is 23.1 Å². The van der Waals surface area contributed by atoms with Crippen molar-refractivity contribution >= 4 is 5.97 Å². The minimum Gasteiger partial charge on any atom is -0.478 e. The van der Waals surface area contributed by atoms with Crippen LogP contribution in [0.4, 0.5) is 0 Å². The molecule has 1 aromatic carbocycles. The van der Waals surface area contributed by atoms with E-state index in [9.17, 15) is 9.90 Å². The highest BCUT2D eigenvalue weighted by atomic mass is 16.4. The summed E-state index contributed by atoms with van der Waals surface area (Å²) >= 11 is 0. The van der Waals surface area contributed by atoms with Gasteiger partial charge in [0.25, 0.3) is 0 Å². The molecule has 0 bridgehead atoms. The molecule has 2 aromatic rings. The van der Waals surface area contributed by atoms with Gasteiger partial charge in [-0.2, -0.15) is 0 Å². The van der Waals surface area contributed by atoms with Crippen LogP contribution in [0.5, 0.6) is 0 Å². The number of aryl methyl sites for hydroxylation is 2. The zero-order valence-corrected chi connectivity index (χ0v) is 16.0. The van der Waals surface area contributed by atoms with Crippen LogP contribution in [-0.2, 0) is 13.0 Å². The predicted octanol–water partition coefficient (Wildman–Crippen LogP) is 4.37. The number of carbonyl (C=O) groups is 1. The van der Waals surface area contributed by atoms with Crippen LogP contribution < -0.4 is 5.32 Å². The largest absolute Gasteiger partial charge is 0.478 e. The van der Waals surface area contributed by atoms with Crippen molar-refractivity contribution in [3.8, 4) is 11.1 Å². The molecule has 2 rings (SSSR count). The van der Waals surface area contributed by atoms with E-state index in [4.69, 9.17) is 0 Å². The Labute approximate surface area is 150 Å². The van der Waals surface area contributed by atoms with Crippen molar-refractivity contribution in [2.75, 3.05) is 7.05 Å². The zero-order valence-electron chi connectivity index (χ0n) is 16.0. The lowest BCUT2D eigenvalue weighted by molar-refractivity contribution is 0.0696. The van der Waals surface area contributed by atoms with E-state index in [0.717, 1.165) is 34.4 Å². The van der Waals surface area contributed by atoms with Crippen LogP contribution in [0.25, 0.3) is 11.1 Å². The third-order valence-corrected chi connectivity index (χ3v) is 4.17. The van der Waals surface area contributed by atoms with Gasteiger partial charge in [-0.05, 0) is 43.9 Å². The molecule has 0 fully saturated rings. The van der Waals surface area contributed by atoms with Gasteiger partial charge in [-0.15, -0.1) is 0 Å². The molecule has 4 heteroatoms. The van der Waals surface area contributed by atoms with Gasteiger partial charge in [0.2, 0.25) is 0 Å². The summed E-state index contributed by atoms with van der Waals surface area (Å²) in [6.45, 7) is 10.9. The molecule has 0 radical (unpaired) electrons. The van der Waals surface area contributed by atoms with E-state index in [2.05, 4.69) is 31.1 Å². The second kappa shape index (κ2) is 7.36. The van der Waals surface area contributed by atoms with Gasteiger partial charge in [-0.1, -0.05) is 50.6 Å². The summed E-state index contributed by atoms with van der Waals surface area (Å²) in [7, 11) is 1.88. The van der Waals surface area contributed by atoms with Crippen LogP contribution in [0, 0.1) is 19.3 Å². The Morgan fingerprint density at radius 1 is 1.16 bits per heavy atom. The lowest BCUT2D eigenvalue weighted by Crippen LogP contribution is -2.20. The van der Waals surface area contributed by atoms with E-state index < -0.39 is 5.97 Å². The smallest absolute Gasteiger partial charge is 0.338 e. The molecule has 0 spiro atoms. The molecule has 4 nitrogen and oxygen atoms in total. The summed E-state index contributed by atoms with van der Waals surface area (Å²) < 4.78 is 0. The Bertz CT molecular complexity index is 772. The number of carboxylic acids is 1. The molecule has 0 aliphatic rings. The molecule has 1 aromatic heterocycles. The minimum atomic E-state index is -0.930. The first-order valence-corrected chi connectivity index (χ1v) is 8.61. The van der Waals surface area contributed by atoms with Crippen molar-refractivity contribution < 1.29 is 9.90 Å². The van der Waals surface area contributed by atoms with Crippen LogP contribution in [0.3, 0.4) is 0 Å². The van der Waals surface area contributed by atoms with E-state index >= 15 is 0 Å². The molecular weight excluding hydrogens is 312 g/mol. The molecule has 25 heavy (non-hydrogen) atoms. The van der Waals surface area contributed by atoms with Crippen molar-refractivity contribution in [2.24, 2.45) is 5.41 Å². The van der Waals surface area contributed by atoms with Crippen molar-refractivity contribution in [3.05, 3.63) is 52.3 Å². The molecule has 1 heterocycles. The van der Waals surface area contributed by atoms with Crippen molar-refractivity contribution in [3.63, 3.8) is 0 Å². The number of carboxylic acid groups (broad SMARTS) is 1. The van der Waals surface area contributed by atoms with Crippen molar-refractivity contribution in [1.29, 1.82) is 0 Å². The Morgan fingerprint density at radius 3 is 2.24 bits per heavy atom. The van der Waals surface area contributed by atoms with Gasteiger partial charge < -0.3 is 10.4 Å². The summed E-state index contributed by atoms with van der Waals surface area (Å²) in [6.07, 6.45) is 0.795. The standard InChI is InChI=1S/C21H28N2O2/c1-13-7-9-15(10-8-13)19-16(12-22-6)17(11-21(3,4)5)23-14(2)18(19)20(24)25/h7-10,22H,11-12H2,1-6H3,(H,24,25). The number of benzene rings is 1. The normalized spacial score (nSPS) is 11.6. The first kappa shape index (κ1) is 19.1. The van der Waals surface area contributed by atoms with Gasteiger partial charge >= 0.3 is 5.97 Å². The second-order valence-corrected chi connectivity index (χ2v) is 7.81. The molecule has 2 N–H and O–H groups in total. The van der Waals surface area contributed by atoms with Crippen LogP contribution in [0.15, 0.2) is 24.3 Å². The van der Waals surface area contributed by atoms with Crippen LogP contribution in [0.1, 0.15) is 53.6 Å². The number of aromatic carboxylic acids is 1. The maximum Gasteiger partial charge on any atom is 0.338 e. The fraction of sp³-hybridized carbons (Fsp3) is 0.429. The number of aromatic nitrogens is 1. The summed E-state index contributed by atoms with van der Waals surface area (Å²) in [5.41, 5.74) is 5.74. The number of hydrogen-bond donors (Lipinski definition) is 2. The van der Waals surface area contributed by atoms with Gasteiger partial charge in [0.1, 0.15) is 0 Å². The fourth-order valence-electron chi connectivity index (χ4n) is 3.12. The number of pyridine rings is 1. The first-order valence-electron chi connectivity index (χ1n) is 8.61. The fourth-order valence-corrected chi connectivity index (χ4v) is 3.12.